The third-order valence-corrected chi connectivity index (χ3v) is 6.61. The summed E-state index contributed by atoms with van der Waals surface area (Å²) in [5, 5.41) is 1.99. The first-order valence-electron chi connectivity index (χ1n) is 9.68. The smallest absolute Gasteiger partial charge is 0.278 e. The van der Waals surface area contributed by atoms with Crippen LogP contribution in [0.1, 0.15) is 62.7 Å². The molecule has 1 saturated heterocycles. The molecule has 4 rings (SSSR count). The summed E-state index contributed by atoms with van der Waals surface area (Å²) in [6, 6.07) is 4.02. The Morgan fingerprint density at radius 1 is 0.880 bits per heavy atom. The average molecular weight is 359 g/mol. The molecule has 25 heavy (non-hydrogen) atoms. The molecule has 0 aromatic carbocycles. The van der Waals surface area contributed by atoms with Crippen LogP contribution in [0.5, 0.6) is 0 Å². The summed E-state index contributed by atoms with van der Waals surface area (Å²) >= 11 is 1.56. The van der Waals surface area contributed by atoms with Crippen LogP contribution in [0.25, 0.3) is 5.57 Å². The Morgan fingerprint density at radius 3 is 2.20 bits per heavy atom. The molecule has 1 aromatic rings. The summed E-state index contributed by atoms with van der Waals surface area (Å²) < 4.78 is 0. The zero-order valence-corrected chi connectivity index (χ0v) is 15.5. The summed E-state index contributed by atoms with van der Waals surface area (Å²) in [6.07, 6.45) is 10.1. The van der Waals surface area contributed by atoms with Crippen LogP contribution in [-0.4, -0.2) is 40.7 Å². The average Bonchev–Trinajstić information content (AvgIpc) is 3.29. The van der Waals surface area contributed by atoms with Crippen molar-refractivity contribution >= 4 is 28.7 Å². The maximum absolute atomic E-state index is 13.3. The normalized spacial score (nSPS) is 23.5. The third kappa shape index (κ3) is 3.14. The second kappa shape index (κ2) is 7.32. The Bertz CT molecular complexity index is 666. The molecule has 3 aliphatic rings. The van der Waals surface area contributed by atoms with Gasteiger partial charge in [-0.3, -0.25) is 14.5 Å². The molecule has 1 saturated carbocycles. The van der Waals surface area contributed by atoms with E-state index in [1.807, 2.05) is 17.5 Å². The Balaban J connectivity index is 1.68. The molecule has 0 N–H and O–H groups in total. The first kappa shape index (κ1) is 16.8. The molecule has 2 aliphatic heterocycles. The van der Waals surface area contributed by atoms with Gasteiger partial charge in [-0.25, -0.2) is 0 Å². The predicted molar refractivity (Wildman–Crippen MR) is 100 cm³/mol. The second-order valence-electron chi connectivity index (χ2n) is 7.37. The minimum Gasteiger partial charge on any atom is -0.366 e. The van der Waals surface area contributed by atoms with Crippen LogP contribution in [0.2, 0.25) is 0 Å². The number of amides is 2. The van der Waals surface area contributed by atoms with Crippen LogP contribution >= 0.6 is 11.3 Å². The number of likely N-dealkylation sites (tertiary alicyclic amines) is 1. The van der Waals surface area contributed by atoms with Crippen LogP contribution in [0, 0.1) is 0 Å². The van der Waals surface area contributed by atoms with Gasteiger partial charge in [0.15, 0.2) is 0 Å². The summed E-state index contributed by atoms with van der Waals surface area (Å²) in [6.45, 7) is 1.78. The van der Waals surface area contributed by atoms with Crippen LogP contribution in [-0.2, 0) is 9.59 Å². The number of carbonyl (C=O) groups is 2. The SMILES string of the molecule is O=C1C(c2cccs2)=C(N2CCCC2)C(=O)N1C1CCCCCCC1. The van der Waals surface area contributed by atoms with Crippen molar-refractivity contribution in [1.29, 1.82) is 0 Å². The van der Waals surface area contributed by atoms with Gasteiger partial charge in [0.05, 0.1) is 5.57 Å². The van der Waals surface area contributed by atoms with Gasteiger partial charge < -0.3 is 4.90 Å². The van der Waals surface area contributed by atoms with Crippen LogP contribution in [0.4, 0.5) is 0 Å². The largest absolute Gasteiger partial charge is 0.366 e. The predicted octanol–water partition coefficient (Wildman–Crippen LogP) is 4.04. The molecule has 0 spiro atoms. The molecular weight excluding hydrogens is 332 g/mol. The highest BCUT2D eigenvalue weighted by Crippen LogP contribution is 2.38. The highest BCUT2D eigenvalue weighted by molar-refractivity contribution is 7.11. The Hall–Kier alpha value is -1.62. The lowest BCUT2D eigenvalue weighted by molar-refractivity contribution is -0.140. The van der Waals surface area contributed by atoms with Gasteiger partial charge in [-0.1, -0.05) is 38.2 Å². The van der Waals surface area contributed by atoms with Gasteiger partial charge in [-0.15, -0.1) is 11.3 Å². The maximum atomic E-state index is 13.3. The van der Waals surface area contributed by atoms with E-state index < -0.39 is 0 Å². The van der Waals surface area contributed by atoms with Crippen LogP contribution in [0.3, 0.4) is 0 Å². The quantitative estimate of drug-likeness (QED) is 0.766. The van der Waals surface area contributed by atoms with E-state index in [-0.39, 0.29) is 17.9 Å². The van der Waals surface area contributed by atoms with Gasteiger partial charge in [0.2, 0.25) is 0 Å². The number of hydrogen-bond donors (Lipinski definition) is 0. The Labute approximate surface area is 153 Å². The minimum atomic E-state index is -0.0556. The molecule has 2 fully saturated rings. The zero-order valence-electron chi connectivity index (χ0n) is 14.7. The monoisotopic (exact) mass is 358 g/mol. The van der Waals surface area contributed by atoms with Crippen LogP contribution in [0.15, 0.2) is 23.2 Å². The lowest BCUT2D eigenvalue weighted by Gasteiger charge is -2.29. The molecule has 2 amide bonds. The van der Waals surface area contributed by atoms with Crippen molar-refractivity contribution in [3.63, 3.8) is 0 Å². The molecule has 0 atom stereocenters. The van der Waals surface area contributed by atoms with Gasteiger partial charge >= 0.3 is 0 Å². The third-order valence-electron chi connectivity index (χ3n) is 5.72. The fourth-order valence-corrected chi connectivity index (χ4v) is 5.20. The molecule has 3 heterocycles. The summed E-state index contributed by atoms with van der Waals surface area (Å²) in [5.74, 6) is -0.0965. The molecule has 1 aliphatic carbocycles. The summed E-state index contributed by atoms with van der Waals surface area (Å²) in [4.78, 5) is 31.3. The first-order chi connectivity index (χ1) is 12.3. The van der Waals surface area contributed by atoms with Gasteiger partial charge in [0, 0.05) is 24.0 Å². The fraction of sp³-hybridized carbons (Fsp3) is 0.600. The van der Waals surface area contributed by atoms with Crippen molar-refractivity contribution in [2.45, 2.75) is 63.8 Å². The number of imide groups is 1. The topological polar surface area (TPSA) is 40.6 Å². The standard InChI is InChI=1S/C20H26N2O2S/c23-19-17(16-11-8-14-25-16)18(21-12-6-7-13-21)20(24)22(19)15-9-4-2-1-3-5-10-15/h8,11,14-15H,1-7,9-10,12-13H2. The van der Waals surface area contributed by atoms with Gasteiger partial charge in [0.1, 0.15) is 5.70 Å². The van der Waals surface area contributed by atoms with E-state index in [2.05, 4.69) is 4.90 Å². The Kier molecular flexibility index (Phi) is 4.93. The highest BCUT2D eigenvalue weighted by atomic mass is 32.1. The molecule has 0 bridgehead atoms. The number of thiophene rings is 1. The van der Waals surface area contributed by atoms with Crippen molar-refractivity contribution in [3.05, 3.63) is 28.1 Å². The van der Waals surface area contributed by atoms with E-state index in [4.69, 9.17) is 0 Å². The number of hydrogen-bond acceptors (Lipinski definition) is 4. The van der Waals surface area contributed by atoms with Gasteiger partial charge in [-0.05, 0) is 37.1 Å². The molecular formula is C20H26N2O2S. The zero-order chi connectivity index (χ0) is 17.2. The molecule has 1 aromatic heterocycles. The highest BCUT2D eigenvalue weighted by Gasteiger charge is 2.45. The lowest BCUT2D eigenvalue weighted by Crippen LogP contribution is -2.42. The number of rotatable bonds is 3. The van der Waals surface area contributed by atoms with Crippen molar-refractivity contribution < 1.29 is 9.59 Å². The summed E-state index contributed by atoms with van der Waals surface area (Å²) in [7, 11) is 0. The van der Waals surface area contributed by atoms with Crippen molar-refractivity contribution in [2.24, 2.45) is 0 Å². The van der Waals surface area contributed by atoms with E-state index in [9.17, 15) is 9.59 Å². The van der Waals surface area contributed by atoms with E-state index in [0.29, 0.717) is 11.3 Å². The van der Waals surface area contributed by atoms with Crippen molar-refractivity contribution in [1.82, 2.24) is 9.80 Å². The van der Waals surface area contributed by atoms with E-state index >= 15 is 0 Å². The summed E-state index contributed by atoms with van der Waals surface area (Å²) in [5.41, 5.74) is 1.33. The van der Waals surface area contributed by atoms with Crippen molar-refractivity contribution in [3.8, 4) is 0 Å². The number of carbonyl (C=O) groups excluding carboxylic acids is 2. The van der Waals surface area contributed by atoms with E-state index in [1.54, 1.807) is 16.2 Å². The van der Waals surface area contributed by atoms with Crippen LogP contribution < -0.4 is 0 Å². The van der Waals surface area contributed by atoms with Gasteiger partial charge in [0.25, 0.3) is 11.8 Å². The molecule has 4 nitrogen and oxygen atoms in total. The molecule has 0 radical (unpaired) electrons. The molecule has 134 valence electrons. The minimum absolute atomic E-state index is 0.0409. The number of nitrogens with zero attached hydrogens (tertiary/aromatic N) is 2. The lowest BCUT2D eigenvalue weighted by atomic mass is 9.95. The second-order valence-corrected chi connectivity index (χ2v) is 8.32. The van der Waals surface area contributed by atoms with Gasteiger partial charge in [-0.2, -0.15) is 0 Å². The molecule has 5 heteroatoms. The van der Waals surface area contributed by atoms with E-state index in [0.717, 1.165) is 56.5 Å². The first-order valence-corrected chi connectivity index (χ1v) is 10.6. The Morgan fingerprint density at radius 2 is 1.56 bits per heavy atom. The fourth-order valence-electron chi connectivity index (χ4n) is 4.44. The van der Waals surface area contributed by atoms with E-state index in [1.165, 1.54) is 19.3 Å². The molecule has 0 unspecified atom stereocenters. The van der Waals surface area contributed by atoms with Crippen molar-refractivity contribution in [2.75, 3.05) is 13.1 Å². The maximum Gasteiger partial charge on any atom is 0.278 e.